The third kappa shape index (κ3) is 3.55. The molecule has 120 valence electrons. The van der Waals surface area contributed by atoms with Crippen LogP contribution in [0.2, 0.25) is 0 Å². The molecule has 0 bridgehead atoms. The van der Waals surface area contributed by atoms with Gasteiger partial charge in [-0.2, -0.15) is 0 Å². The standard InChI is InChI=1S/C20H23NO2/c1-15-8-10-16(11-9-15)13-20(22)21-12-4-7-19(21)17-5-3-6-18(14-17)23-2/h3,5-6,8-11,14,19H,4,7,12-13H2,1-2H3. The van der Waals surface area contributed by atoms with E-state index < -0.39 is 0 Å². The molecule has 1 fully saturated rings. The van der Waals surface area contributed by atoms with Crippen LogP contribution >= 0.6 is 0 Å². The Balaban J connectivity index is 1.75. The Hall–Kier alpha value is -2.29. The van der Waals surface area contributed by atoms with Crippen LogP contribution in [-0.4, -0.2) is 24.5 Å². The van der Waals surface area contributed by atoms with Gasteiger partial charge in [0, 0.05) is 6.54 Å². The fourth-order valence-electron chi connectivity index (χ4n) is 3.24. The number of hydrogen-bond acceptors (Lipinski definition) is 2. The summed E-state index contributed by atoms with van der Waals surface area (Å²) in [6, 6.07) is 16.5. The second kappa shape index (κ2) is 6.86. The molecule has 1 amide bonds. The monoisotopic (exact) mass is 309 g/mol. The smallest absolute Gasteiger partial charge is 0.227 e. The number of benzene rings is 2. The van der Waals surface area contributed by atoms with Crippen molar-refractivity contribution in [2.75, 3.05) is 13.7 Å². The summed E-state index contributed by atoms with van der Waals surface area (Å²) in [4.78, 5) is 14.8. The number of nitrogens with zero attached hydrogens (tertiary/aromatic N) is 1. The van der Waals surface area contributed by atoms with Gasteiger partial charge in [0.15, 0.2) is 0 Å². The van der Waals surface area contributed by atoms with E-state index in [9.17, 15) is 4.79 Å². The number of ether oxygens (including phenoxy) is 1. The fourth-order valence-corrected chi connectivity index (χ4v) is 3.24. The van der Waals surface area contributed by atoms with Crippen molar-refractivity contribution in [1.82, 2.24) is 4.90 Å². The minimum Gasteiger partial charge on any atom is -0.497 e. The lowest BCUT2D eigenvalue weighted by molar-refractivity contribution is -0.131. The molecule has 1 unspecified atom stereocenters. The van der Waals surface area contributed by atoms with Crippen molar-refractivity contribution in [3.8, 4) is 5.75 Å². The predicted molar refractivity (Wildman–Crippen MR) is 91.6 cm³/mol. The van der Waals surface area contributed by atoms with Crippen molar-refractivity contribution in [2.24, 2.45) is 0 Å². The Morgan fingerprint density at radius 2 is 2.00 bits per heavy atom. The quantitative estimate of drug-likeness (QED) is 0.857. The number of likely N-dealkylation sites (tertiary alicyclic amines) is 1. The molecule has 0 saturated carbocycles. The molecule has 1 atom stereocenters. The van der Waals surface area contributed by atoms with Crippen LogP contribution in [0.4, 0.5) is 0 Å². The van der Waals surface area contributed by atoms with Gasteiger partial charge in [-0.15, -0.1) is 0 Å². The van der Waals surface area contributed by atoms with Crippen LogP contribution in [0.5, 0.6) is 5.75 Å². The molecule has 23 heavy (non-hydrogen) atoms. The van der Waals surface area contributed by atoms with Crippen LogP contribution in [0.1, 0.15) is 35.6 Å². The molecule has 3 nitrogen and oxygen atoms in total. The van der Waals surface area contributed by atoms with Gasteiger partial charge >= 0.3 is 0 Å². The molecule has 1 saturated heterocycles. The first-order valence-corrected chi connectivity index (χ1v) is 8.16. The van der Waals surface area contributed by atoms with E-state index in [0.29, 0.717) is 6.42 Å². The highest BCUT2D eigenvalue weighted by atomic mass is 16.5. The molecular formula is C20H23NO2. The van der Waals surface area contributed by atoms with Gasteiger partial charge in [0.2, 0.25) is 5.91 Å². The lowest BCUT2D eigenvalue weighted by Gasteiger charge is -2.25. The van der Waals surface area contributed by atoms with Gasteiger partial charge in [0.1, 0.15) is 5.75 Å². The maximum absolute atomic E-state index is 12.7. The van der Waals surface area contributed by atoms with Crippen molar-refractivity contribution < 1.29 is 9.53 Å². The molecule has 0 spiro atoms. The molecule has 1 heterocycles. The van der Waals surface area contributed by atoms with Gasteiger partial charge in [0.25, 0.3) is 0 Å². The molecule has 0 aliphatic carbocycles. The summed E-state index contributed by atoms with van der Waals surface area (Å²) in [5.41, 5.74) is 3.47. The van der Waals surface area contributed by atoms with Crippen molar-refractivity contribution >= 4 is 5.91 Å². The van der Waals surface area contributed by atoms with Gasteiger partial charge in [-0.3, -0.25) is 4.79 Å². The van der Waals surface area contributed by atoms with E-state index in [1.54, 1.807) is 7.11 Å². The lowest BCUT2D eigenvalue weighted by Crippen LogP contribution is -2.31. The molecule has 3 heteroatoms. The number of carbonyl (C=O) groups is 1. The Labute approximate surface area is 137 Å². The molecule has 0 radical (unpaired) electrons. The van der Waals surface area contributed by atoms with Crippen molar-refractivity contribution in [3.05, 3.63) is 65.2 Å². The van der Waals surface area contributed by atoms with Crippen molar-refractivity contribution in [1.29, 1.82) is 0 Å². The number of aryl methyl sites for hydroxylation is 1. The fraction of sp³-hybridized carbons (Fsp3) is 0.350. The topological polar surface area (TPSA) is 29.5 Å². The molecule has 0 aromatic heterocycles. The van der Waals surface area contributed by atoms with E-state index in [2.05, 4.69) is 25.1 Å². The zero-order chi connectivity index (χ0) is 16.2. The second-order valence-corrected chi connectivity index (χ2v) is 6.18. The van der Waals surface area contributed by atoms with Gasteiger partial charge in [-0.25, -0.2) is 0 Å². The van der Waals surface area contributed by atoms with Crippen LogP contribution in [0.3, 0.4) is 0 Å². The van der Waals surface area contributed by atoms with Crippen molar-refractivity contribution in [3.63, 3.8) is 0 Å². The Bertz CT molecular complexity index is 678. The summed E-state index contributed by atoms with van der Waals surface area (Å²) in [7, 11) is 1.67. The highest BCUT2D eigenvalue weighted by Gasteiger charge is 2.29. The van der Waals surface area contributed by atoms with Crippen LogP contribution in [-0.2, 0) is 11.2 Å². The molecule has 0 N–H and O–H groups in total. The van der Waals surface area contributed by atoms with E-state index in [0.717, 1.165) is 30.7 Å². The first-order valence-electron chi connectivity index (χ1n) is 8.16. The maximum Gasteiger partial charge on any atom is 0.227 e. The summed E-state index contributed by atoms with van der Waals surface area (Å²) in [5.74, 6) is 1.06. The first kappa shape index (κ1) is 15.6. The first-order chi connectivity index (χ1) is 11.2. The minimum atomic E-state index is 0.169. The highest BCUT2D eigenvalue weighted by molar-refractivity contribution is 5.79. The highest BCUT2D eigenvalue weighted by Crippen LogP contribution is 2.33. The van der Waals surface area contributed by atoms with E-state index in [1.165, 1.54) is 11.1 Å². The third-order valence-corrected chi connectivity index (χ3v) is 4.53. The lowest BCUT2D eigenvalue weighted by atomic mass is 10.0. The van der Waals surface area contributed by atoms with Crippen LogP contribution < -0.4 is 4.74 Å². The van der Waals surface area contributed by atoms with E-state index in [-0.39, 0.29) is 11.9 Å². The molecule has 2 aromatic rings. The molecule has 3 rings (SSSR count). The van der Waals surface area contributed by atoms with Gasteiger partial charge in [-0.05, 0) is 43.0 Å². The Morgan fingerprint density at radius 3 is 2.74 bits per heavy atom. The predicted octanol–water partition coefficient (Wildman–Crippen LogP) is 3.91. The van der Waals surface area contributed by atoms with E-state index >= 15 is 0 Å². The number of carbonyl (C=O) groups excluding carboxylic acids is 1. The van der Waals surface area contributed by atoms with Gasteiger partial charge in [0.05, 0.1) is 19.6 Å². The Morgan fingerprint density at radius 1 is 1.22 bits per heavy atom. The summed E-state index contributed by atoms with van der Waals surface area (Å²) >= 11 is 0. The molecule has 2 aromatic carbocycles. The zero-order valence-electron chi connectivity index (χ0n) is 13.8. The van der Waals surface area contributed by atoms with E-state index in [4.69, 9.17) is 4.74 Å². The van der Waals surface area contributed by atoms with Crippen LogP contribution in [0.25, 0.3) is 0 Å². The number of amides is 1. The minimum absolute atomic E-state index is 0.169. The number of rotatable bonds is 4. The van der Waals surface area contributed by atoms with Crippen LogP contribution in [0.15, 0.2) is 48.5 Å². The average Bonchev–Trinajstić information content (AvgIpc) is 3.07. The maximum atomic E-state index is 12.7. The third-order valence-electron chi connectivity index (χ3n) is 4.53. The van der Waals surface area contributed by atoms with Crippen LogP contribution in [0, 0.1) is 6.92 Å². The number of methoxy groups -OCH3 is 1. The van der Waals surface area contributed by atoms with Crippen molar-refractivity contribution in [2.45, 2.75) is 32.2 Å². The Kier molecular flexibility index (Phi) is 4.65. The summed E-state index contributed by atoms with van der Waals surface area (Å²) < 4.78 is 5.31. The molecular weight excluding hydrogens is 286 g/mol. The van der Waals surface area contributed by atoms with E-state index in [1.807, 2.05) is 35.2 Å². The van der Waals surface area contributed by atoms with Gasteiger partial charge < -0.3 is 9.64 Å². The van der Waals surface area contributed by atoms with Gasteiger partial charge in [-0.1, -0.05) is 42.0 Å². The summed E-state index contributed by atoms with van der Waals surface area (Å²) in [5, 5.41) is 0. The summed E-state index contributed by atoms with van der Waals surface area (Å²) in [6.07, 6.45) is 2.55. The zero-order valence-corrected chi connectivity index (χ0v) is 13.8. The molecule has 1 aliphatic heterocycles. The number of hydrogen-bond donors (Lipinski definition) is 0. The largest absolute Gasteiger partial charge is 0.497 e. The average molecular weight is 309 g/mol. The SMILES string of the molecule is COc1cccc(C2CCCN2C(=O)Cc2ccc(C)cc2)c1. The summed E-state index contributed by atoms with van der Waals surface area (Å²) in [6.45, 7) is 2.90. The molecule has 1 aliphatic rings. The normalized spacial score (nSPS) is 17.3. The second-order valence-electron chi connectivity index (χ2n) is 6.18.